The summed E-state index contributed by atoms with van der Waals surface area (Å²) in [5, 5.41) is 17.6. The zero-order valence-electron chi connectivity index (χ0n) is 16.2. The Labute approximate surface area is 168 Å². The van der Waals surface area contributed by atoms with Crippen molar-refractivity contribution < 1.29 is 14.6 Å². The maximum Gasteiger partial charge on any atom is 0.256 e. The molecule has 0 bridgehead atoms. The largest absolute Gasteiger partial charge is 0.472 e. The Bertz CT molecular complexity index is 976. The van der Waals surface area contributed by atoms with Gasteiger partial charge in [-0.3, -0.25) is 4.79 Å². The number of aliphatic hydroxyl groups is 1. The molecule has 2 aromatic heterocycles. The number of piperidine rings is 1. The number of para-hydroxylation sites is 1. The molecule has 8 heteroatoms. The summed E-state index contributed by atoms with van der Waals surface area (Å²) in [6.07, 6.45) is 6.29. The molecule has 3 aromatic rings. The number of rotatable bonds is 5. The van der Waals surface area contributed by atoms with E-state index in [0.29, 0.717) is 23.7 Å². The number of likely N-dealkylation sites (tertiary alicyclic amines) is 1. The van der Waals surface area contributed by atoms with Crippen LogP contribution in [-0.2, 0) is 6.61 Å². The summed E-state index contributed by atoms with van der Waals surface area (Å²) in [5.41, 5.74) is 1.94. The summed E-state index contributed by atoms with van der Waals surface area (Å²) in [5.74, 6) is 0.389. The van der Waals surface area contributed by atoms with Gasteiger partial charge in [-0.1, -0.05) is 12.1 Å². The lowest BCUT2D eigenvalue weighted by atomic mass is 9.99. The molecular weight excluding hydrogens is 370 g/mol. The molecule has 1 saturated heterocycles. The van der Waals surface area contributed by atoms with Crippen LogP contribution in [0.3, 0.4) is 0 Å². The molecule has 8 nitrogen and oxygen atoms in total. The Morgan fingerprint density at radius 1 is 1.17 bits per heavy atom. The maximum atomic E-state index is 13.4. The Morgan fingerprint density at radius 2 is 1.97 bits per heavy atom. The highest BCUT2D eigenvalue weighted by Crippen LogP contribution is 2.25. The van der Waals surface area contributed by atoms with E-state index in [0.717, 1.165) is 18.4 Å². The average molecular weight is 393 g/mol. The van der Waals surface area contributed by atoms with Crippen molar-refractivity contribution in [3.8, 4) is 11.6 Å². The average Bonchev–Trinajstić information content (AvgIpc) is 3.29. The number of benzene rings is 1. The van der Waals surface area contributed by atoms with Gasteiger partial charge < -0.3 is 14.7 Å². The fourth-order valence-electron chi connectivity index (χ4n) is 3.56. The molecule has 0 spiro atoms. The number of aliphatic hydroxyl groups excluding tert-OH is 1. The molecule has 29 heavy (non-hydrogen) atoms. The Hall–Kier alpha value is -3.26. The van der Waals surface area contributed by atoms with Crippen LogP contribution in [0.4, 0.5) is 0 Å². The molecule has 0 unspecified atom stereocenters. The first-order valence-electron chi connectivity index (χ1n) is 9.65. The van der Waals surface area contributed by atoms with Crippen LogP contribution >= 0.6 is 0 Å². The molecule has 1 fully saturated rings. The number of aromatic nitrogens is 4. The number of ether oxygens (including phenoxy) is 1. The van der Waals surface area contributed by atoms with Crippen LogP contribution in [0.2, 0.25) is 0 Å². The third-order valence-corrected chi connectivity index (χ3v) is 5.14. The summed E-state index contributed by atoms with van der Waals surface area (Å²) >= 11 is 0. The third kappa shape index (κ3) is 4.12. The molecule has 0 saturated carbocycles. The van der Waals surface area contributed by atoms with Gasteiger partial charge in [0.05, 0.1) is 36.8 Å². The van der Waals surface area contributed by atoms with Gasteiger partial charge in [-0.05, 0) is 43.5 Å². The second-order valence-electron chi connectivity index (χ2n) is 7.12. The van der Waals surface area contributed by atoms with Crippen LogP contribution in [-0.4, -0.2) is 54.6 Å². The molecule has 1 aromatic carbocycles. The van der Waals surface area contributed by atoms with Crippen LogP contribution in [0.5, 0.6) is 5.88 Å². The highest BCUT2D eigenvalue weighted by Gasteiger charge is 2.32. The topological polar surface area (TPSA) is 93.4 Å². The quantitative estimate of drug-likeness (QED) is 0.714. The van der Waals surface area contributed by atoms with Crippen LogP contribution < -0.4 is 4.74 Å². The molecule has 1 aliphatic rings. The van der Waals surface area contributed by atoms with Crippen molar-refractivity contribution >= 4 is 5.91 Å². The lowest BCUT2D eigenvalue weighted by Crippen LogP contribution is -2.49. The third-order valence-electron chi connectivity index (χ3n) is 5.14. The first kappa shape index (κ1) is 19.1. The molecule has 1 amide bonds. The number of hydrogen-bond donors (Lipinski definition) is 1. The van der Waals surface area contributed by atoms with Crippen molar-refractivity contribution in [2.24, 2.45) is 0 Å². The van der Waals surface area contributed by atoms with Crippen molar-refractivity contribution in [3.63, 3.8) is 0 Å². The van der Waals surface area contributed by atoms with E-state index in [1.165, 1.54) is 4.80 Å². The summed E-state index contributed by atoms with van der Waals surface area (Å²) in [6.45, 7) is 2.45. The predicted octanol–water partition coefficient (Wildman–Crippen LogP) is 2.23. The van der Waals surface area contributed by atoms with E-state index in [-0.39, 0.29) is 24.7 Å². The monoisotopic (exact) mass is 393 g/mol. The molecule has 0 aliphatic carbocycles. The van der Waals surface area contributed by atoms with Gasteiger partial charge in [-0.25, -0.2) is 4.98 Å². The number of amides is 1. The lowest BCUT2D eigenvalue weighted by Gasteiger charge is -2.38. The maximum absolute atomic E-state index is 13.4. The van der Waals surface area contributed by atoms with Gasteiger partial charge >= 0.3 is 0 Å². The Morgan fingerprint density at radius 3 is 2.76 bits per heavy atom. The number of pyridine rings is 1. The second-order valence-corrected chi connectivity index (χ2v) is 7.12. The van der Waals surface area contributed by atoms with E-state index in [9.17, 15) is 9.90 Å². The summed E-state index contributed by atoms with van der Waals surface area (Å²) in [6, 6.07) is 10.9. The van der Waals surface area contributed by atoms with E-state index in [1.807, 2.05) is 30.0 Å². The number of carbonyl (C=O) groups excluding carboxylic acids is 1. The number of hydrogen-bond acceptors (Lipinski definition) is 6. The molecule has 3 heterocycles. The number of carbonyl (C=O) groups is 1. The first-order chi connectivity index (χ1) is 14.2. The predicted molar refractivity (Wildman–Crippen MR) is 106 cm³/mol. The SMILES string of the molecule is C[C@@H]1CC[C@@H](Oc2cc(CO)ccn2)CN1C(=O)c1ccccc1-n1nccn1. The molecule has 2 atom stereocenters. The molecule has 0 radical (unpaired) electrons. The summed E-state index contributed by atoms with van der Waals surface area (Å²) in [4.78, 5) is 20.9. The molecule has 4 rings (SSSR count). The minimum absolute atomic E-state index is 0.0660. The fraction of sp³-hybridized carbons (Fsp3) is 0.333. The fourth-order valence-corrected chi connectivity index (χ4v) is 3.56. The van der Waals surface area contributed by atoms with Crippen molar-refractivity contribution in [2.45, 2.75) is 38.5 Å². The first-order valence-corrected chi connectivity index (χ1v) is 9.65. The van der Waals surface area contributed by atoms with Gasteiger partial charge in [0.25, 0.3) is 5.91 Å². The van der Waals surface area contributed by atoms with Gasteiger partial charge in [0.1, 0.15) is 6.10 Å². The van der Waals surface area contributed by atoms with E-state index >= 15 is 0 Å². The van der Waals surface area contributed by atoms with E-state index in [4.69, 9.17) is 4.74 Å². The highest BCUT2D eigenvalue weighted by atomic mass is 16.5. The molecule has 1 N–H and O–H groups in total. The number of nitrogens with zero attached hydrogens (tertiary/aromatic N) is 5. The van der Waals surface area contributed by atoms with Crippen molar-refractivity contribution in [1.82, 2.24) is 24.9 Å². The minimum Gasteiger partial charge on any atom is -0.472 e. The van der Waals surface area contributed by atoms with Crippen LogP contribution in [0, 0.1) is 0 Å². The van der Waals surface area contributed by atoms with E-state index in [1.54, 1.807) is 36.8 Å². The van der Waals surface area contributed by atoms with Gasteiger partial charge in [0, 0.05) is 18.3 Å². The van der Waals surface area contributed by atoms with Crippen LogP contribution in [0.15, 0.2) is 55.0 Å². The highest BCUT2D eigenvalue weighted by molar-refractivity contribution is 5.98. The minimum atomic E-state index is -0.161. The van der Waals surface area contributed by atoms with E-state index < -0.39 is 0 Å². The van der Waals surface area contributed by atoms with Crippen LogP contribution in [0.25, 0.3) is 5.69 Å². The normalized spacial score (nSPS) is 19.2. The Kier molecular flexibility index (Phi) is 5.53. The van der Waals surface area contributed by atoms with Gasteiger partial charge in [-0.15, -0.1) is 0 Å². The van der Waals surface area contributed by atoms with Gasteiger partial charge in [-0.2, -0.15) is 15.0 Å². The molecule has 150 valence electrons. The van der Waals surface area contributed by atoms with Crippen molar-refractivity contribution in [2.75, 3.05) is 6.54 Å². The second kappa shape index (κ2) is 8.40. The van der Waals surface area contributed by atoms with Gasteiger partial charge in [0.2, 0.25) is 5.88 Å². The lowest BCUT2D eigenvalue weighted by molar-refractivity contribution is 0.0372. The van der Waals surface area contributed by atoms with Crippen molar-refractivity contribution in [3.05, 3.63) is 66.1 Å². The van der Waals surface area contributed by atoms with Crippen LogP contribution in [0.1, 0.15) is 35.7 Å². The van der Waals surface area contributed by atoms with Gasteiger partial charge in [0.15, 0.2) is 0 Å². The zero-order valence-corrected chi connectivity index (χ0v) is 16.2. The van der Waals surface area contributed by atoms with E-state index in [2.05, 4.69) is 15.2 Å². The van der Waals surface area contributed by atoms with Crippen molar-refractivity contribution in [1.29, 1.82) is 0 Å². The summed E-state index contributed by atoms with van der Waals surface area (Å²) in [7, 11) is 0. The zero-order chi connectivity index (χ0) is 20.2. The smallest absolute Gasteiger partial charge is 0.256 e. The molecular formula is C21H23N5O3. The standard InChI is InChI=1S/C21H23N5O3/c1-15-6-7-17(29-20-12-16(14-27)8-9-22-20)13-25(15)21(28)18-4-2-3-5-19(18)26-23-10-11-24-26/h2-5,8-12,15,17,27H,6-7,13-14H2,1H3/t15-,17-/m1/s1. The Balaban J connectivity index is 1.54. The molecule has 1 aliphatic heterocycles. The summed E-state index contributed by atoms with van der Waals surface area (Å²) < 4.78 is 6.02.